The first-order chi connectivity index (χ1) is 11.2. The summed E-state index contributed by atoms with van der Waals surface area (Å²) >= 11 is 0. The molecule has 1 N–H and O–H groups in total. The van der Waals surface area contributed by atoms with E-state index in [2.05, 4.69) is 22.7 Å². The van der Waals surface area contributed by atoms with Gasteiger partial charge < -0.3 is 14.2 Å². The molecule has 0 fully saturated rings. The fraction of sp³-hybridized carbons (Fsp3) is 0.412. The molecule has 0 spiro atoms. The highest BCUT2D eigenvalue weighted by molar-refractivity contribution is 5.95. The zero-order chi connectivity index (χ0) is 16.7. The third-order valence-electron chi connectivity index (χ3n) is 3.69. The fourth-order valence-corrected chi connectivity index (χ4v) is 2.43. The summed E-state index contributed by atoms with van der Waals surface area (Å²) in [6.45, 7) is 0. The van der Waals surface area contributed by atoms with E-state index in [0.717, 1.165) is 19.3 Å². The van der Waals surface area contributed by atoms with Crippen LogP contribution in [0.2, 0.25) is 0 Å². The van der Waals surface area contributed by atoms with Gasteiger partial charge in [-0.3, -0.25) is 4.79 Å². The summed E-state index contributed by atoms with van der Waals surface area (Å²) in [6.07, 6.45) is 9.17. The summed E-state index contributed by atoms with van der Waals surface area (Å²) in [5, 5.41) is 4.05. The highest BCUT2D eigenvalue weighted by Gasteiger charge is 2.16. The Balaban J connectivity index is 2.09. The summed E-state index contributed by atoms with van der Waals surface area (Å²) < 4.78 is 15.7. The number of hydrogen-bond acceptors (Lipinski definition) is 5. The number of carbonyl (C=O) groups is 1. The van der Waals surface area contributed by atoms with Gasteiger partial charge in [0.2, 0.25) is 5.75 Å². The Hall–Kier alpha value is -2.50. The standard InChI is InChI=1S/C17H22N2O4/c1-21-14-9-13(10-15(22-2)16(14)23-3)17(20)19-18-11-12-7-5-4-6-8-12/h4-5,9-12H,6-8H2,1-3H3,(H,19,20)/t12-/m1/s1. The summed E-state index contributed by atoms with van der Waals surface area (Å²) in [5.41, 5.74) is 2.93. The van der Waals surface area contributed by atoms with Gasteiger partial charge in [0.25, 0.3) is 5.91 Å². The topological polar surface area (TPSA) is 69.2 Å². The van der Waals surface area contributed by atoms with E-state index >= 15 is 0 Å². The number of allylic oxidation sites excluding steroid dienone is 2. The molecule has 6 nitrogen and oxygen atoms in total. The predicted octanol–water partition coefficient (Wildman–Crippen LogP) is 2.78. The van der Waals surface area contributed by atoms with E-state index in [0.29, 0.717) is 28.7 Å². The molecule has 0 aromatic heterocycles. The highest BCUT2D eigenvalue weighted by atomic mass is 16.5. The molecule has 0 heterocycles. The molecule has 6 heteroatoms. The lowest BCUT2D eigenvalue weighted by Gasteiger charge is -2.14. The van der Waals surface area contributed by atoms with Crippen LogP contribution in [-0.2, 0) is 0 Å². The number of rotatable bonds is 6. The van der Waals surface area contributed by atoms with E-state index in [1.807, 2.05) is 0 Å². The summed E-state index contributed by atoms with van der Waals surface area (Å²) in [7, 11) is 4.53. The van der Waals surface area contributed by atoms with Gasteiger partial charge in [0.1, 0.15) is 0 Å². The minimum Gasteiger partial charge on any atom is -0.493 e. The van der Waals surface area contributed by atoms with Crippen LogP contribution in [0.25, 0.3) is 0 Å². The second kappa shape index (κ2) is 8.22. The predicted molar refractivity (Wildman–Crippen MR) is 88.5 cm³/mol. The number of amides is 1. The largest absolute Gasteiger partial charge is 0.493 e. The highest BCUT2D eigenvalue weighted by Crippen LogP contribution is 2.38. The van der Waals surface area contributed by atoms with Crippen LogP contribution in [0.5, 0.6) is 17.2 Å². The number of hydrazone groups is 1. The van der Waals surface area contributed by atoms with Crippen LogP contribution in [0.4, 0.5) is 0 Å². The van der Waals surface area contributed by atoms with Crippen LogP contribution in [-0.4, -0.2) is 33.5 Å². The Morgan fingerprint density at radius 3 is 2.39 bits per heavy atom. The molecule has 2 rings (SSSR count). The van der Waals surface area contributed by atoms with Gasteiger partial charge in [-0.15, -0.1) is 0 Å². The van der Waals surface area contributed by atoms with Crippen LogP contribution < -0.4 is 19.6 Å². The second-order valence-corrected chi connectivity index (χ2v) is 5.18. The van der Waals surface area contributed by atoms with E-state index in [4.69, 9.17) is 14.2 Å². The Kier molecular flexibility index (Phi) is 6.02. The van der Waals surface area contributed by atoms with E-state index in [1.54, 1.807) is 18.3 Å². The van der Waals surface area contributed by atoms with Crippen LogP contribution >= 0.6 is 0 Å². The number of methoxy groups -OCH3 is 3. The maximum Gasteiger partial charge on any atom is 0.271 e. The lowest BCUT2D eigenvalue weighted by Crippen LogP contribution is -2.19. The molecule has 1 atom stereocenters. The molecule has 0 saturated carbocycles. The van der Waals surface area contributed by atoms with Gasteiger partial charge in [-0.2, -0.15) is 5.10 Å². The molecule has 1 aromatic rings. The molecule has 1 amide bonds. The van der Waals surface area contributed by atoms with Gasteiger partial charge in [0.05, 0.1) is 21.3 Å². The molecule has 23 heavy (non-hydrogen) atoms. The minimum absolute atomic E-state index is 0.327. The molecule has 1 aliphatic carbocycles. The molecular formula is C17H22N2O4. The first-order valence-electron chi connectivity index (χ1n) is 7.48. The van der Waals surface area contributed by atoms with Crippen molar-refractivity contribution in [2.24, 2.45) is 11.0 Å². The van der Waals surface area contributed by atoms with Crippen molar-refractivity contribution in [3.8, 4) is 17.2 Å². The van der Waals surface area contributed by atoms with Crippen molar-refractivity contribution >= 4 is 12.1 Å². The van der Waals surface area contributed by atoms with Crippen molar-refractivity contribution in [3.63, 3.8) is 0 Å². The van der Waals surface area contributed by atoms with Gasteiger partial charge in [0.15, 0.2) is 11.5 Å². The second-order valence-electron chi connectivity index (χ2n) is 5.18. The summed E-state index contributed by atoms with van der Waals surface area (Å²) in [6, 6.07) is 3.19. The summed E-state index contributed by atoms with van der Waals surface area (Å²) in [4.78, 5) is 12.2. The number of benzene rings is 1. The average Bonchev–Trinajstić information content (AvgIpc) is 2.61. The minimum atomic E-state index is -0.327. The average molecular weight is 318 g/mol. The molecule has 0 bridgehead atoms. The molecule has 124 valence electrons. The normalized spacial score (nSPS) is 17.1. The Morgan fingerprint density at radius 2 is 1.87 bits per heavy atom. The van der Waals surface area contributed by atoms with Crippen molar-refractivity contribution in [1.29, 1.82) is 0 Å². The van der Waals surface area contributed by atoms with Gasteiger partial charge in [-0.05, 0) is 37.3 Å². The number of nitrogens with one attached hydrogen (secondary N) is 1. The third kappa shape index (κ3) is 4.25. The van der Waals surface area contributed by atoms with Crippen molar-refractivity contribution in [1.82, 2.24) is 5.43 Å². The number of carbonyl (C=O) groups excluding carboxylic acids is 1. The lowest BCUT2D eigenvalue weighted by atomic mass is 9.96. The zero-order valence-electron chi connectivity index (χ0n) is 13.7. The maximum absolute atomic E-state index is 12.2. The molecular weight excluding hydrogens is 296 g/mol. The van der Waals surface area contributed by atoms with Crippen molar-refractivity contribution < 1.29 is 19.0 Å². The fourth-order valence-electron chi connectivity index (χ4n) is 2.43. The van der Waals surface area contributed by atoms with Crippen LogP contribution in [0.3, 0.4) is 0 Å². The first-order valence-corrected chi connectivity index (χ1v) is 7.48. The number of ether oxygens (including phenoxy) is 3. The van der Waals surface area contributed by atoms with Crippen LogP contribution in [0.1, 0.15) is 29.6 Å². The Bertz CT molecular complexity index is 586. The molecule has 0 aliphatic heterocycles. The van der Waals surface area contributed by atoms with E-state index in [1.165, 1.54) is 21.3 Å². The Morgan fingerprint density at radius 1 is 1.17 bits per heavy atom. The van der Waals surface area contributed by atoms with Crippen LogP contribution in [0.15, 0.2) is 29.4 Å². The molecule has 0 unspecified atom stereocenters. The van der Waals surface area contributed by atoms with E-state index in [-0.39, 0.29) is 5.91 Å². The Labute approximate surface area is 136 Å². The zero-order valence-corrected chi connectivity index (χ0v) is 13.7. The summed E-state index contributed by atoms with van der Waals surface area (Å²) in [5.74, 6) is 1.35. The molecule has 1 aliphatic rings. The van der Waals surface area contributed by atoms with E-state index in [9.17, 15) is 4.79 Å². The number of hydrogen-bond donors (Lipinski definition) is 1. The SMILES string of the molecule is COc1cc(C(=O)NN=C[C@@H]2CC=CCC2)cc(OC)c1OC. The van der Waals surface area contributed by atoms with E-state index < -0.39 is 0 Å². The smallest absolute Gasteiger partial charge is 0.271 e. The first kappa shape index (κ1) is 16.9. The monoisotopic (exact) mass is 318 g/mol. The quantitative estimate of drug-likeness (QED) is 0.497. The van der Waals surface area contributed by atoms with Crippen molar-refractivity contribution in [3.05, 3.63) is 29.8 Å². The molecule has 1 aromatic carbocycles. The van der Waals surface area contributed by atoms with Gasteiger partial charge in [-0.25, -0.2) is 5.43 Å². The molecule has 0 saturated heterocycles. The van der Waals surface area contributed by atoms with Gasteiger partial charge in [-0.1, -0.05) is 12.2 Å². The van der Waals surface area contributed by atoms with Gasteiger partial charge >= 0.3 is 0 Å². The third-order valence-corrected chi connectivity index (χ3v) is 3.69. The van der Waals surface area contributed by atoms with Crippen LogP contribution in [0, 0.1) is 5.92 Å². The lowest BCUT2D eigenvalue weighted by molar-refractivity contribution is 0.0954. The number of nitrogens with zero attached hydrogens (tertiary/aromatic N) is 1. The van der Waals surface area contributed by atoms with Crippen molar-refractivity contribution in [2.75, 3.05) is 21.3 Å². The maximum atomic E-state index is 12.2. The van der Waals surface area contributed by atoms with Gasteiger partial charge in [0, 0.05) is 11.8 Å². The molecule has 0 radical (unpaired) electrons. The van der Waals surface area contributed by atoms with Crippen molar-refractivity contribution in [2.45, 2.75) is 19.3 Å².